The van der Waals surface area contributed by atoms with E-state index in [4.69, 9.17) is 4.84 Å². The Hall–Kier alpha value is -3.81. The molecule has 1 aromatic heterocycles. The first-order chi connectivity index (χ1) is 13.1. The van der Waals surface area contributed by atoms with E-state index in [1.165, 1.54) is 23.0 Å². The van der Waals surface area contributed by atoms with Crippen molar-refractivity contribution in [3.63, 3.8) is 0 Å². The van der Waals surface area contributed by atoms with Gasteiger partial charge >= 0.3 is 5.97 Å². The number of carbonyl (C=O) groups is 3. The topological polar surface area (TPSA) is 98.6 Å². The maximum absolute atomic E-state index is 12.4. The van der Waals surface area contributed by atoms with Crippen LogP contribution in [0, 0.1) is 0 Å². The third kappa shape index (κ3) is 2.86. The van der Waals surface area contributed by atoms with Crippen molar-refractivity contribution in [3.05, 3.63) is 76.3 Å². The van der Waals surface area contributed by atoms with Crippen LogP contribution in [0.2, 0.25) is 0 Å². The molecular formula is C19H13N3O5. The summed E-state index contributed by atoms with van der Waals surface area (Å²) in [5.74, 6) is -2.17. The minimum Gasteiger partial charge on any atom is -0.330 e. The molecule has 134 valence electrons. The molecule has 0 saturated carbocycles. The van der Waals surface area contributed by atoms with Crippen LogP contribution in [0.15, 0.2) is 59.7 Å². The number of aryl methyl sites for hydroxylation is 1. The molecular weight excluding hydrogens is 350 g/mol. The van der Waals surface area contributed by atoms with Crippen LogP contribution in [0.25, 0.3) is 10.9 Å². The Balaban J connectivity index is 1.45. The Bertz CT molecular complexity index is 1120. The average Bonchev–Trinajstić information content (AvgIpc) is 2.93. The number of benzene rings is 2. The van der Waals surface area contributed by atoms with Crippen LogP contribution in [-0.2, 0) is 16.2 Å². The van der Waals surface area contributed by atoms with Crippen LogP contribution >= 0.6 is 0 Å². The number of imide groups is 1. The lowest BCUT2D eigenvalue weighted by molar-refractivity contribution is -0.168. The molecule has 8 heteroatoms. The van der Waals surface area contributed by atoms with Crippen molar-refractivity contribution < 1.29 is 19.2 Å². The second kappa shape index (κ2) is 6.49. The summed E-state index contributed by atoms with van der Waals surface area (Å²) in [5.41, 5.74) is 0.650. The predicted octanol–water partition coefficient (Wildman–Crippen LogP) is 1.54. The highest BCUT2D eigenvalue weighted by Crippen LogP contribution is 2.22. The zero-order chi connectivity index (χ0) is 19.0. The number of nitrogens with zero attached hydrogens (tertiary/aromatic N) is 3. The van der Waals surface area contributed by atoms with E-state index >= 15 is 0 Å². The van der Waals surface area contributed by atoms with E-state index in [9.17, 15) is 19.2 Å². The highest BCUT2D eigenvalue weighted by atomic mass is 16.7. The van der Waals surface area contributed by atoms with Crippen LogP contribution in [0.5, 0.6) is 0 Å². The quantitative estimate of drug-likeness (QED) is 0.652. The summed E-state index contributed by atoms with van der Waals surface area (Å²) in [4.78, 5) is 57.9. The second-order valence-corrected chi connectivity index (χ2v) is 5.92. The summed E-state index contributed by atoms with van der Waals surface area (Å²) < 4.78 is 1.28. The molecule has 8 nitrogen and oxygen atoms in total. The molecule has 2 heterocycles. The summed E-state index contributed by atoms with van der Waals surface area (Å²) in [6, 6.07) is 13.1. The molecule has 1 aliphatic rings. The number of hydrogen-bond acceptors (Lipinski definition) is 6. The Morgan fingerprint density at radius 3 is 2.26 bits per heavy atom. The van der Waals surface area contributed by atoms with Gasteiger partial charge in [0, 0.05) is 6.54 Å². The van der Waals surface area contributed by atoms with E-state index in [1.54, 1.807) is 36.4 Å². The molecule has 0 radical (unpaired) electrons. The molecule has 1 aliphatic heterocycles. The van der Waals surface area contributed by atoms with Gasteiger partial charge in [0.15, 0.2) is 0 Å². The fraction of sp³-hybridized carbons (Fsp3) is 0.105. The third-order valence-electron chi connectivity index (χ3n) is 4.24. The minimum atomic E-state index is -0.801. The number of rotatable bonds is 4. The average molecular weight is 363 g/mol. The lowest BCUT2D eigenvalue weighted by atomic mass is 10.1. The van der Waals surface area contributed by atoms with Gasteiger partial charge in [0.1, 0.15) is 0 Å². The van der Waals surface area contributed by atoms with Crippen molar-refractivity contribution in [2.24, 2.45) is 0 Å². The van der Waals surface area contributed by atoms with Gasteiger partial charge in [-0.2, -0.15) is 0 Å². The zero-order valence-electron chi connectivity index (χ0n) is 14.0. The maximum atomic E-state index is 12.4. The summed E-state index contributed by atoms with van der Waals surface area (Å²) in [5, 5.41) is 0.891. The van der Waals surface area contributed by atoms with Crippen molar-refractivity contribution >= 4 is 28.7 Å². The van der Waals surface area contributed by atoms with Crippen LogP contribution in [0.4, 0.5) is 0 Å². The zero-order valence-corrected chi connectivity index (χ0v) is 14.0. The molecule has 27 heavy (non-hydrogen) atoms. The molecule has 0 bridgehead atoms. The monoisotopic (exact) mass is 363 g/mol. The van der Waals surface area contributed by atoms with Crippen molar-refractivity contribution in [1.82, 2.24) is 14.6 Å². The highest BCUT2D eigenvalue weighted by molar-refractivity contribution is 6.20. The molecule has 0 spiro atoms. The van der Waals surface area contributed by atoms with Crippen molar-refractivity contribution in [1.29, 1.82) is 0 Å². The van der Waals surface area contributed by atoms with Gasteiger partial charge in [-0.3, -0.25) is 19.0 Å². The van der Waals surface area contributed by atoms with Crippen LogP contribution in [0.1, 0.15) is 27.1 Å². The molecule has 2 aromatic carbocycles. The summed E-state index contributed by atoms with van der Waals surface area (Å²) in [6.45, 7) is 0.0126. The smallest absolute Gasteiger partial charge is 0.330 e. The third-order valence-corrected chi connectivity index (χ3v) is 4.24. The van der Waals surface area contributed by atoms with E-state index < -0.39 is 17.8 Å². The minimum absolute atomic E-state index is 0.0126. The van der Waals surface area contributed by atoms with Crippen LogP contribution in [-0.4, -0.2) is 32.4 Å². The fourth-order valence-corrected chi connectivity index (χ4v) is 2.87. The van der Waals surface area contributed by atoms with Gasteiger partial charge < -0.3 is 4.84 Å². The van der Waals surface area contributed by atoms with E-state index in [0.717, 1.165) is 0 Å². The largest absolute Gasteiger partial charge is 0.335 e. The molecule has 0 N–H and O–H groups in total. The normalized spacial score (nSPS) is 13.1. The van der Waals surface area contributed by atoms with Crippen LogP contribution < -0.4 is 5.56 Å². The molecule has 4 rings (SSSR count). The van der Waals surface area contributed by atoms with E-state index in [0.29, 0.717) is 16.0 Å². The van der Waals surface area contributed by atoms with E-state index in [1.807, 2.05) is 0 Å². The molecule has 0 atom stereocenters. The molecule has 3 aromatic rings. The maximum Gasteiger partial charge on any atom is 0.335 e. The number of carbonyl (C=O) groups excluding carboxylic acids is 3. The fourth-order valence-electron chi connectivity index (χ4n) is 2.87. The number of aromatic nitrogens is 2. The number of para-hydroxylation sites is 1. The summed E-state index contributed by atoms with van der Waals surface area (Å²) >= 11 is 0. The van der Waals surface area contributed by atoms with E-state index in [-0.39, 0.29) is 29.7 Å². The van der Waals surface area contributed by atoms with E-state index in [2.05, 4.69) is 4.98 Å². The van der Waals surface area contributed by atoms with Crippen LogP contribution in [0.3, 0.4) is 0 Å². The summed E-state index contributed by atoms with van der Waals surface area (Å²) in [7, 11) is 0. The first-order valence-corrected chi connectivity index (χ1v) is 8.19. The first kappa shape index (κ1) is 16.6. The number of fused-ring (bicyclic) bond motifs is 2. The highest BCUT2D eigenvalue weighted by Gasteiger charge is 2.38. The van der Waals surface area contributed by atoms with Gasteiger partial charge in [0.2, 0.25) is 0 Å². The Kier molecular flexibility index (Phi) is 4.00. The number of amides is 2. The lowest BCUT2D eigenvalue weighted by Crippen LogP contribution is -2.33. The van der Waals surface area contributed by atoms with Gasteiger partial charge in [-0.05, 0) is 24.3 Å². The second-order valence-electron chi connectivity index (χ2n) is 5.92. The molecule has 0 saturated heterocycles. The predicted molar refractivity (Wildman–Crippen MR) is 93.7 cm³/mol. The number of hydrogen-bond donors (Lipinski definition) is 0. The Morgan fingerprint density at radius 1 is 0.926 bits per heavy atom. The van der Waals surface area contributed by atoms with Gasteiger partial charge in [-0.25, -0.2) is 9.78 Å². The molecule has 0 fully saturated rings. The SMILES string of the molecule is O=C(CCn1cnc2ccccc2c1=O)ON1C(=O)c2ccccc2C1=O. The van der Waals surface area contributed by atoms with Gasteiger partial charge in [0.05, 0.1) is 34.8 Å². The molecule has 0 unspecified atom stereocenters. The van der Waals surface area contributed by atoms with Crippen molar-refractivity contribution in [3.8, 4) is 0 Å². The lowest BCUT2D eigenvalue weighted by Gasteiger charge is -2.13. The van der Waals surface area contributed by atoms with Gasteiger partial charge in [-0.15, -0.1) is 0 Å². The van der Waals surface area contributed by atoms with Crippen molar-refractivity contribution in [2.45, 2.75) is 13.0 Å². The molecule has 0 aliphatic carbocycles. The standard InChI is InChI=1S/C19H13N3O5/c23-16(27-22-18(25)12-5-1-2-6-13(12)19(22)26)9-10-21-11-20-15-8-4-3-7-14(15)17(21)24/h1-8,11H,9-10H2. The molecule has 2 amide bonds. The van der Waals surface area contributed by atoms with Gasteiger partial charge in [-0.1, -0.05) is 29.3 Å². The first-order valence-electron chi connectivity index (χ1n) is 8.19. The Morgan fingerprint density at radius 2 is 1.56 bits per heavy atom. The Labute approximate surface area is 152 Å². The van der Waals surface area contributed by atoms with Gasteiger partial charge in [0.25, 0.3) is 17.4 Å². The summed E-state index contributed by atoms with van der Waals surface area (Å²) in [6.07, 6.45) is 1.15. The number of hydroxylamine groups is 2. The van der Waals surface area contributed by atoms with Crippen molar-refractivity contribution in [2.75, 3.05) is 0 Å².